The van der Waals surface area contributed by atoms with Crippen LogP contribution in [0.4, 0.5) is 0 Å². The lowest BCUT2D eigenvalue weighted by Crippen LogP contribution is -2.39. The lowest BCUT2D eigenvalue weighted by Gasteiger charge is -2.25. The van der Waals surface area contributed by atoms with Crippen LogP contribution in [-0.2, 0) is 4.74 Å². The van der Waals surface area contributed by atoms with Gasteiger partial charge < -0.3 is 10.1 Å². The fourth-order valence-electron chi connectivity index (χ4n) is 1.88. The third kappa shape index (κ3) is 4.87. The molecular weight excluding hydrogens is 224 g/mol. The molecule has 0 aliphatic rings. The summed E-state index contributed by atoms with van der Waals surface area (Å²) in [5, 5.41) is 12.5. The molecular formula is C15H22N2O. The summed E-state index contributed by atoms with van der Waals surface area (Å²) < 4.78 is 5.61. The Labute approximate surface area is 110 Å². The Morgan fingerprint density at radius 1 is 1.33 bits per heavy atom. The molecule has 1 rings (SSSR count). The first-order chi connectivity index (χ1) is 8.59. The Kier molecular flexibility index (Phi) is 5.84. The van der Waals surface area contributed by atoms with Gasteiger partial charge in [0.15, 0.2) is 0 Å². The number of nitrogens with one attached hydrogen (secondary N) is 1. The number of rotatable bonds is 7. The van der Waals surface area contributed by atoms with Crippen LogP contribution in [0.5, 0.6) is 0 Å². The first-order valence-corrected chi connectivity index (χ1v) is 6.38. The summed E-state index contributed by atoms with van der Waals surface area (Å²) in [6.45, 7) is 8.18. The van der Waals surface area contributed by atoms with Gasteiger partial charge in [-0.1, -0.05) is 30.3 Å². The van der Waals surface area contributed by atoms with E-state index in [4.69, 9.17) is 4.74 Å². The molecule has 1 aromatic carbocycles. The largest absolute Gasteiger partial charge is 0.375 e. The second-order valence-electron chi connectivity index (χ2n) is 4.92. The third-order valence-electron chi connectivity index (χ3n) is 2.79. The molecule has 0 aromatic heterocycles. The molecule has 0 amide bonds. The van der Waals surface area contributed by atoms with Gasteiger partial charge in [-0.25, -0.2) is 0 Å². The van der Waals surface area contributed by atoms with E-state index in [2.05, 4.69) is 11.4 Å². The maximum absolute atomic E-state index is 9.19. The van der Waals surface area contributed by atoms with Crippen molar-refractivity contribution in [3.63, 3.8) is 0 Å². The van der Waals surface area contributed by atoms with Crippen LogP contribution >= 0.6 is 0 Å². The number of nitriles is 1. The first kappa shape index (κ1) is 14.7. The Balaban J connectivity index is 2.45. The van der Waals surface area contributed by atoms with E-state index in [1.807, 2.05) is 51.1 Å². The Morgan fingerprint density at radius 3 is 2.56 bits per heavy atom. The maximum Gasteiger partial charge on any atom is 0.0837 e. The zero-order valence-corrected chi connectivity index (χ0v) is 11.4. The van der Waals surface area contributed by atoms with E-state index in [-0.39, 0.29) is 11.5 Å². The minimum Gasteiger partial charge on any atom is -0.375 e. The molecule has 0 heterocycles. The molecule has 1 atom stereocenters. The molecule has 3 heteroatoms. The van der Waals surface area contributed by atoms with Gasteiger partial charge in [0, 0.05) is 19.7 Å². The van der Waals surface area contributed by atoms with Crippen LogP contribution in [0, 0.1) is 11.3 Å². The summed E-state index contributed by atoms with van der Waals surface area (Å²) >= 11 is 0. The maximum atomic E-state index is 9.19. The van der Waals surface area contributed by atoms with Crippen molar-refractivity contribution < 1.29 is 4.74 Å². The molecule has 1 unspecified atom stereocenters. The fraction of sp³-hybridized carbons (Fsp3) is 0.533. The standard InChI is InChI=1S/C15H22N2O/c1-4-18-15(2,3)12-17-11-14(10-16)13-8-6-5-7-9-13/h5-9,14,17H,4,11-12H2,1-3H3. The summed E-state index contributed by atoms with van der Waals surface area (Å²) in [5.41, 5.74) is 0.868. The van der Waals surface area contributed by atoms with E-state index in [0.29, 0.717) is 13.2 Å². The summed E-state index contributed by atoms with van der Waals surface area (Å²) in [6.07, 6.45) is 0. The predicted molar refractivity (Wildman–Crippen MR) is 73.4 cm³/mol. The number of hydrogen-bond acceptors (Lipinski definition) is 3. The average Bonchev–Trinajstić information content (AvgIpc) is 2.35. The minimum absolute atomic E-state index is 0.108. The molecule has 1 N–H and O–H groups in total. The van der Waals surface area contributed by atoms with Crippen molar-refractivity contribution in [3.05, 3.63) is 35.9 Å². The number of hydrogen-bond donors (Lipinski definition) is 1. The summed E-state index contributed by atoms with van der Waals surface area (Å²) in [4.78, 5) is 0. The molecule has 1 aromatic rings. The van der Waals surface area contributed by atoms with E-state index in [1.54, 1.807) is 0 Å². The molecule has 18 heavy (non-hydrogen) atoms. The van der Waals surface area contributed by atoms with Crippen LogP contribution in [-0.4, -0.2) is 25.3 Å². The van der Waals surface area contributed by atoms with E-state index in [1.165, 1.54) is 0 Å². The van der Waals surface area contributed by atoms with Crippen LogP contribution in [0.1, 0.15) is 32.3 Å². The van der Waals surface area contributed by atoms with Crippen molar-refractivity contribution in [2.45, 2.75) is 32.3 Å². The molecule has 3 nitrogen and oxygen atoms in total. The molecule has 98 valence electrons. The van der Waals surface area contributed by atoms with Crippen LogP contribution in [0.2, 0.25) is 0 Å². The van der Waals surface area contributed by atoms with Crippen LogP contribution < -0.4 is 5.32 Å². The molecule has 0 aliphatic carbocycles. The molecule has 0 bridgehead atoms. The Morgan fingerprint density at radius 2 is 2.00 bits per heavy atom. The zero-order chi connectivity index (χ0) is 13.4. The highest BCUT2D eigenvalue weighted by Gasteiger charge is 2.18. The van der Waals surface area contributed by atoms with Gasteiger partial charge in [0.25, 0.3) is 0 Å². The Hall–Kier alpha value is -1.37. The summed E-state index contributed by atoms with van der Waals surface area (Å²) in [7, 11) is 0. The SMILES string of the molecule is CCOC(C)(C)CNCC(C#N)c1ccccc1. The molecule has 0 fully saturated rings. The van der Waals surface area contributed by atoms with Gasteiger partial charge in [-0.3, -0.25) is 0 Å². The lowest BCUT2D eigenvalue weighted by molar-refractivity contribution is -0.00869. The highest BCUT2D eigenvalue weighted by atomic mass is 16.5. The molecule has 0 spiro atoms. The quantitative estimate of drug-likeness (QED) is 0.804. The van der Waals surface area contributed by atoms with Crippen LogP contribution in [0.15, 0.2) is 30.3 Å². The number of benzene rings is 1. The zero-order valence-electron chi connectivity index (χ0n) is 11.4. The average molecular weight is 246 g/mol. The highest BCUT2D eigenvalue weighted by molar-refractivity contribution is 5.25. The van der Waals surface area contributed by atoms with Crippen molar-refractivity contribution >= 4 is 0 Å². The second-order valence-corrected chi connectivity index (χ2v) is 4.92. The van der Waals surface area contributed by atoms with Gasteiger partial charge in [0.1, 0.15) is 0 Å². The van der Waals surface area contributed by atoms with Gasteiger partial charge >= 0.3 is 0 Å². The smallest absolute Gasteiger partial charge is 0.0837 e. The highest BCUT2D eigenvalue weighted by Crippen LogP contribution is 2.14. The summed E-state index contributed by atoms with van der Waals surface area (Å²) in [6, 6.07) is 12.2. The fourth-order valence-corrected chi connectivity index (χ4v) is 1.88. The van der Waals surface area contributed by atoms with E-state index < -0.39 is 0 Å². The third-order valence-corrected chi connectivity index (χ3v) is 2.79. The van der Waals surface area contributed by atoms with Gasteiger partial charge in [-0.2, -0.15) is 5.26 Å². The second kappa shape index (κ2) is 7.15. The van der Waals surface area contributed by atoms with Gasteiger partial charge in [-0.15, -0.1) is 0 Å². The van der Waals surface area contributed by atoms with Crippen LogP contribution in [0.3, 0.4) is 0 Å². The van der Waals surface area contributed by atoms with E-state index in [0.717, 1.165) is 12.1 Å². The van der Waals surface area contributed by atoms with Gasteiger partial charge in [0.2, 0.25) is 0 Å². The van der Waals surface area contributed by atoms with E-state index in [9.17, 15) is 5.26 Å². The predicted octanol–water partition coefficient (Wildman–Crippen LogP) is 2.70. The topological polar surface area (TPSA) is 45.0 Å². The lowest BCUT2D eigenvalue weighted by atomic mass is 10.0. The minimum atomic E-state index is -0.189. The monoisotopic (exact) mass is 246 g/mol. The van der Waals surface area contributed by atoms with Crippen molar-refractivity contribution in [2.24, 2.45) is 0 Å². The molecule has 0 aliphatic heterocycles. The van der Waals surface area contributed by atoms with Crippen molar-refractivity contribution in [1.29, 1.82) is 5.26 Å². The summed E-state index contributed by atoms with van der Waals surface area (Å²) in [5.74, 6) is -0.108. The molecule has 0 saturated heterocycles. The molecule has 0 saturated carbocycles. The van der Waals surface area contributed by atoms with Crippen molar-refractivity contribution in [1.82, 2.24) is 5.32 Å². The number of nitrogens with zero attached hydrogens (tertiary/aromatic N) is 1. The van der Waals surface area contributed by atoms with E-state index >= 15 is 0 Å². The van der Waals surface area contributed by atoms with Crippen molar-refractivity contribution in [3.8, 4) is 6.07 Å². The van der Waals surface area contributed by atoms with Gasteiger partial charge in [0.05, 0.1) is 17.6 Å². The van der Waals surface area contributed by atoms with Crippen molar-refractivity contribution in [2.75, 3.05) is 19.7 Å². The molecule has 0 radical (unpaired) electrons. The van der Waals surface area contributed by atoms with Crippen LogP contribution in [0.25, 0.3) is 0 Å². The Bertz CT molecular complexity index is 381. The number of ether oxygens (including phenoxy) is 1. The normalized spacial score (nSPS) is 13.0. The van der Waals surface area contributed by atoms with Gasteiger partial charge in [-0.05, 0) is 26.3 Å². The first-order valence-electron chi connectivity index (χ1n) is 6.38.